The Balaban J connectivity index is 1.71. The maximum atomic E-state index is 12.3. The molecule has 0 radical (unpaired) electrons. The fraction of sp³-hybridized carbons (Fsp3) is 0.389. The highest BCUT2D eigenvalue weighted by molar-refractivity contribution is 7.15. The van der Waals surface area contributed by atoms with Gasteiger partial charge in [0.1, 0.15) is 16.3 Å². The molecular weight excluding hydrogens is 358 g/mol. The van der Waals surface area contributed by atoms with Crippen molar-refractivity contribution in [2.75, 3.05) is 18.5 Å². The van der Waals surface area contributed by atoms with Gasteiger partial charge in [-0.05, 0) is 31.4 Å². The molecule has 3 rings (SSSR count). The van der Waals surface area contributed by atoms with E-state index in [1.54, 1.807) is 24.4 Å². The molecule has 0 aromatic carbocycles. The van der Waals surface area contributed by atoms with Crippen molar-refractivity contribution in [3.8, 4) is 11.3 Å². The Morgan fingerprint density at radius 2 is 2.12 bits per heavy atom. The van der Waals surface area contributed by atoms with Gasteiger partial charge in [-0.1, -0.05) is 6.92 Å². The van der Waals surface area contributed by atoms with E-state index in [1.807, 2.05) is 6.92 Å². The van der Waals surface area contributed by atoms with Crippen LogP contribution in [0.25, 0.3) is 11.3 Å². The summed E-state index contributed by atoms with van der Waals surface area (Å²) < 4.78 is 15.4. The summed E-state index contributed by atoms with van der Waals surface area (Å²) in [5.74, 6) is -0.719. The Morgan fingerprint density at radius 1 is 1.35 bits per heavy atom. The van der Waals surface area contributed by atoms with Crippen molar-refractivity contribution in [3.63, 3.8) is 0 Å². The number of carbonyl (C=O) groups is 3. The Hall–Kier alpha value is -2.61. The molecule has 0 saturated heterocycles. The molecule has 1 aliphatic rings. The van der Waals surface area contributed by atoms with Gasteiger partial charge >= 0.3 is 11.9 Å². The summed E-state index contributed by atoms with van der Waals surface area (Å²) in [7, 11) is 0. The van der Waals surface area contributed by atoms with Crippen LogP contribution in [0, 0.1) is 11.8 Å². The predicted molar refractivity (Wildman–Crippen MR) is 94.8 cm³/mol. The minimum Gasteiger partial charge on any atom is -0.464 e. The second-order valence-electron chi connectivity index (χ2n) is 6.03. The van der Waals surface area contributed by atoms with Gasteiger partial charge in [0.05, 0.1) is 18.8 Å². The number of furan rings is 1. The first-order valence-electron chi connectivity index (χ1n) is 8.30. The van der Waals surface area contributed by atoms with E-state index in [-0.39, 0.29) is 24.1 Å². The minimum atomic E-state index is -0.556. The maximum absolute atomic E-state index is 12.3. The molecule has 1 aliphatic carbocycles. The molecule has 7 nitrogen and oxygen atoms in total. The van der Waals surface area contributed by atoms with Crippen LogP contribution in [-0.2, 0) is 19.1 Å². The van der Waals surface area contributed by atoms with E-state index in [0.29, 0.717) is 22.2 Å². The van der Waals surface area contributed by atoms with Crippen LogP contribution in [0.3, 0.4) is 0 Å². The van der Waals surface area contributed by atoms with Gasteiger partial charge in [-0.3, -0.25) is 9.59 Å². The van der Waals surface area contributed by atoms with Gasteiger partial charge in [-0.15, -0.1) is 11.3 Å². The SMILES string of the molecule is CCOC(=O)c1c(-c2ccco2)csc1NC(=O)COC(=O)[C@H]1C[C@@H]1C. The van der Waals surface area contributed by atoms with Crippen LogP contribution in [0.2, 0.25) is 0 Å². The van der Waals surface area contributed by atoms with Crippen LogP contribution >= 0.6 is 11.3 Å². The van der Waals surface area contributed by atoms with Gasteiger partial charge in [0.2, 0.25) is 0 Å². The zero-order valence-electron chi connectivity index (χ0n) is 14.4. The molecule has 0 spiro atoms. The fourth-order valence-corrected chi connectivity index (χ4v) is 3.48. The molecule has 138 valence electrons. The van der Waals surface area contributed by atoms with Crippen LogP contribution in [0.4, 0.5) is 5.00 Å². The highest BCUT2D eigenvalue weighted by Gasteiger charge is 2.40. The van der Waals surface area contributed by atoms with Gasteiger partial charge in [-0.2, -0.15) is 0 Å². The molecule has 1 saturated carbocycles. The van der Waals surface area contributed by atoms with E-state index < -0.39 is 18.5 Å². The topological polar surface area (TPSA) is 94.8 Å². The predicted octanol–water partition coefficient (Wildman–Crippen LogP) is 3.32. The molecule has 2 aromatic heterocycles. The van der Waals surface area contributed by atoms with Gasteiger partial charge in [0.25, 0.3) is 5.91 Å². The van der Waals surface area contributed by atoms with Crippen molar-refractivity contribution in [2.45, 2.75) is 20.3 Å². The van der Waals surface area contributed by atoms with Crippen LogP contribution in [0.5, 0.6) is 0 Å². The Labute approximate surface area is 154 Å². The highest BCUT2D eigenvalue weighted by atomic mass is 32.1. The average molecular weight is 377 g/mol. The first kappa shape index (κ1) is 18.2. The third kappa shape index (κ3) is 3.96. The normalized spacial score (nSPS) is 18.2. The molecule has 8 heteroatoms. The number of esters is 2. The minimum absolute atomic E-state index is 0.106. The molecule has 0 aliphatic heterocycles. The number of thiophene rings is 1. The Morgan fingerprint density at radius 3 is 2.73 bits per heavy atom. The molecule has 1 amide bonds. The quantitative estimate of drug-likeness (QED) is 0.744. The summed E-state index contributed by atoms with van der Waals surface area (Å²) in [5.41, 5.74) is 0.764. The monoisotopic (exact) mass is 377 g/mol. The third-order valence-corrected chi connectivity index (χ3v) is 4.96. The van der Waals surface area contributed by atoms with Gasteiger partial charge in [0.15, 0.2) is 6.61 Å². The van der Waals surface area contributed by atoms with Crippen molar-refractivity contribution < 1.29 is 28.3 Å². The van der Waals surface area contributed by atoms with Crippen LogP contribution in [-0.4, -0.2) is 31.1 Å². The fourth-order valence-electron chi connectivity index (χ4n) is 2.53. The molecule has 0 bridgehead atoms. The zero-order valence-corrected chi connectivity index (χ0v) is 15.3. The summed E-state index contributed by atoms with van der Waals surface area (Å²) in [6, 6.07) is 3.42. The Kier molecular flexibility index (Phi) is 5.41. The van der Waals surface area contributed by atoms with Crippen molar-refractivity contribution in [2.24, 2.45) is 11.8 Å². The summed E-state index contributed by atoms with van der Waals surface area (Å²) in [6.45, 7) is 3.47. The first-order chi connectivity index (χ1) is 12.5. The lowest BCUT2D eigenvalue weighted by Gasteiger charge is -2.08. The lowest BCUT2D eigenvalue weighted by Crippen LogP contribution is -2.22. The molecule has 26 heavy (non-hydrogen) atoms. The number of carbonyl (C=O) groups excluding carboxylic acids is 3. The number of amides is 1. The summed E-state index contributed by atoms with van der Waals surface area (Å²) in [4.78, 5) is 36.1. The van der Waals surface area contributed by atoms with Crippen molar-refractivity contribution in [1.82, 2.24) is 0 Å². The summed E-state index contributed by atoms with van der Waals surface area (Å²) in [5, 5.41) is 4.65. The molecule has 2 heterocycles. The molecule has 2 aromatic rings. The maximum Gasteiger partial charge on any atom is 0.341 e. The van der Waals surface area contributed by atoms with Crippen LogP contribution in [0.1, 0.15) is 30.6 Å². The van der Waals surface area contributed by atoms with E-state index in [2.05, 4.69) is 5.32 Å². The van der Waals surface area contributed by atoms with Crippen molar-refractivity contribution in [3.05, 3.63) is 29.3 Å². The smallest absolute Gasteiger partial charge is 0.341 e. The van der Waals surface area contributed by atoms with Crippen molar-refractivity contribution in [1.29, 1.82) is 0 Å². The summed E-state index contributed by atoms with van der Waals surface area (Å²) >= 11 is 1.18. The molecule has 1 fully saturated rings. The average Bonchev–Trinajstić information content (AvgIpc) is 3.03. The molecule has 0 unspecified atom stereocenters. The van der Waals surface area contributed by atoms with E-state index in [0.717, 1.165) is 6.42 Å². The summed E-state index contributed by atoms with van der Waals surface area (Å²) in [6.07, 6.45) is 2.30. The number of hydrogen-bond donors (Lipinski definition) is 1. The van der Waals surface area contributed by atoms with Gasteiger partial charge in [-0.25, -0.2) is 4.79 Å². The van der Waals surface area contributed by atoms with E-state index in [9.17, 15) is 14.4 Å². The number of anilines is 1. The number of nitrogens with one attached hydrogen (secondary N) is 1. The first-order valence-corrected chi connectivity index (χ1v) is 9.18. The molecule has 1 N–H and O–H groups in total. The lowest BCUT2D eigenvalue weighted by molar-refractivity contribution is -0.148. The lowest BCUT2D eigenvalue weighted by atomic mass is 10.1. The number of hydrogen-bond acceptors (Lipinski definition) is 7. The van der Waals surface area contributed by atoms with Gasteiger partial charge < -0.3 is 19.2 Å². The molecular formula is C18H19NO6S. The number of ether oxygens (including phenoxy) is 2. The second-order valence-corrected chi connectivity index (χ2v) is 6.91. The van der Waals surface area contributed by atoms with E-state index in [4.69, 9.17) is 13.9 Å². The van der Waals surface area contributed by atoms with Crippen molar-refractivity contribution >= 4 is 34.2 Å². The van der Waals surface area contributed by atoms with E-state index >= 15 is 0 Å². The standard InChI is InChI=1S/C18H19NO6S/c1-3-23-18(22)15-12(13-5-4-6-24-13)9-26-16(15)19-14(20)8-25-17(21)11-7-10(11)2/h4-6,9-11H,3,7-8H2,1-2H3,(H,19,20)/t10-,11-/m0/s1. The van der Waals surface area contributed by atoms with Crippen LogP contribution < -0.4 is 5.32 Å². The molecule has 2 atom stereocenters. The van der Waals surface area contributed by atoms with Crippen LogP contribution in [0.15, 0.2) is 28.2 Å². The second kappa shape index (κ2) is 7.74. The Bertz CT molecular complexity index is 810. The third-order valence-electron chi connectivity index (χ3n) is 4.07. The number of rotatable bonds is 7. The largest absolute Gasteiger partial charge is 0.464 e. The van der Waals surface area contributed by atoms with E-state index in [1.165, 1.54) is 17.6 Å². The highest BCUT2D eigenvalue weighted by Crippen LogP contribution is 2.39. The van der Waals surface area contributed by atoms with Gasteiger partial charge in [0, 0.05) is 10.9 Å². The zero-order chi connectivity index (χ0) is 18.7.